The quantitative estimate of drug-likeness (QED) is 0.533. The van der Waals surface area contributed by atoms with Crippen molar-refractivity contribution in [2.75, 3.05) is 5.32 Å². The Hall–Kier alpha value is -3.41. The lowest BCUT2D eigenvalue weighted by Crippen LogP contribution is -2.06. The maximum Gasteiger partial charge on any atom is 0.221 e. The third kappa shape index (κ3) is 4.57. The molecule has 0 aliphatic heterocycles. The number of rotatable bonds is 6. The summed E-state index contributed by atoms with van der Waals surface area (Å²) in [5.74, 6) is 0.495. The van der Waals surface area contributed by atoms with Gasteiger partial charge in [0.25, 0.3) is 0 Å². The topological polar surface area (TPSA) is 76.7 Å². The molecule has 0 radical (unpaired) electrons. The van der Waals surface area contributed by atoms with Gasteiger partial charge in [0.05, 0.1) is 5.71 Å². The zero-order valence-electron chi connectivity index (χ0n) is 14.6. The normalized spacial score (nSPS) is 11.2. The lowest BCUT2D eigenvalue weighted by atomic mass is 10.1. The van der Waals surface area contributed by atoms with Crippen LogP contribution in [0.3, 0.4) is 0 Å². The van der Waals surface area contributed by atoms with Crippen LogP contribution >= 0.6 is 0 Å². The number of oxime groups is 1. The molecule has 1 aromatic heterocycles. The van der Waals surface area contributed by atoms with Gasteiger partial charge in [-0.05, 0) is 24.6 Å². The number of carbonyl (C=O) groups is 1. The Morgan fingerprint density at radius 2 is 1.85 bits per heavy atom. The Bertz CT molecular complexity index is 900. The van der Waals surface area contributed by atoms with E-state index in [0.29, 0.717) is 5.76 Å². The molecule has 2 aromatic carbocycles. The second kappa shape index (κ2) is 8.11. The standard InChI is InChI=1S/C20H19N3O3/c1-14(16-8-10-18(11-9-16)21-15(2)24)22-25-13-19-12-20(23-26-19)17-6-4-3-5-7-17/h3-12H,13H2,1-2H3,(H,21,24)/b22-14+. The lowest BCUT2D eigenvalue weighted by Gasteiger charge is -2.04. The van der Waals surface area contributed by atoms with Gasteiger partial charge in [-0.15, -0.1) is 0 Å². The summed E-state index contributed by atoms with van der Waals surface area (Å²) in [7, 11) is 0. The number of amides is 1. The van der Waals surface area contributed by atoms with Crippen molar-refractivity contribution in [3.63, 3.8) is 0 Å². The molecule has 26 heavy (non-hydrogen) atoms. The summed E-state index contributed by atoms with van der Waals surface area (Å²) < 4.78 is 5.27. The summed E-state index contributed by atoms with van der Waals surface area (Å²) in [6.07, 6.45) is 0. The predicted molar refractivity (Wildman–Crippen MR) is 99.7 cm³/mol. The van der Waals surface area contributed by atoms with Gasteiger partial charge in [0.2, 0.25) is 5.91 Å². The Balaban J connectivity index is 1.58. The van der Waals surface area contributed by atoms with Crippen LogP contribution in [0, 0.1) is 0 Å². The molecule has 132 valence electrons. The fourth-order valence-electron chi connectivity index (χ4n) is 2.37. The number of aromatic nitrogens is 1. The van der Waals surface area contributed by atoms with Gasteiger partial charge in [-0.2, -0.15) is 0 Å². The molecular weight excluding hydrogens is 330 g/mol. The summed E-state index contributed by atoms with van der Waals surface area (Å²) in [6, 6.07) is 19.0. The number of benzene rings is 2. The number of hydrogen-bond donors (Lipinski definition) is 1. The van der Waals surface area contributed by atoms with E-state index >= 15 is 0 Å². The van der Waals surface area contributed by atoms with E-state index in [1.54, 1.807) is 0 Å². The van der Waals surface area contributed by atoms with Gasteiger partial charge in [0.15, 0.2) is 12.4 Å². The van der Waals surface area contributed by atoms with Crippen molar-refractivity contribution in [3.05, 3.63) is 72.0 Å². The zero-order valence-corrected chi connectivity index (χ0v) is 14.6. The third-order valence-electron chi connectivity index (χ3n) is 3.66. The monoisotopic (exact) mass is 349 g/mol. The first-order valence-electron chi connectivity index (χ1n) is 8.17. The van der Waals surface area contributed by atoms with E-state index in [2.05, 4.69) is 15.6 Å². The number of anilines is 1. The molecule has 0 aliphatic rings. The Kier molecular flexibility index (Phi) is 5.43. The van der Waals surface area contributed by atoms with Crippen molar-refractivity contribution < 1.29 is 14.2 Å². The first kappa shape index (κ1) is 17.4. The van der Waals surface area contributed by atoms with Crippen molar-refractivity contribution in [3.8, 4) is 11.3 Å². The zero-order chi connectivity index (χ0) is 18.4. The number of nitrogens with one attached hydrogen (secondary N) is 1. The third-order valence-corrected chi connectivity index (χ3v) is 3.66. The van der Waals surface area contributed by atoms with Crippen molar-refractivity contribution >= 4 is 17.3 Å². The molecule has 0 spiro atoms. The molecule has 6 heteroatoms. The molecule has 1 N–H and O–H groups in total. The van der Waals surface area contributed by atoms with Crippen LogP contribution in [0.4, 0.5) is 5.69 Å². The Morgan fingerprint density at radius 3 is 2.54 bits per heavy atom. The highest BCUT2D eigenvalue weighted by molar-refractivity contribution is 5.99. The van der Waals surface area contributed by atoms with Gasteiger partial charge in [0.1, 0.15) is 5.69 Å². The molecule has 1 heterocycles. The fourth-order valence-corrected chi connectivity index (χ4v) is 2.37. The van der Waals surface area contributed by atoms with E-state index < -0.39 is 0 Å². The van der Waals surface area contributed by atoms with Gasteiger partial charge < -0.3 is 14.7 Å². The van der Waals surface area contributed by atoms with Crippen LogP contribution in [0.15, 0.2) is 70.3 Å². The summed E-state index contributed by atoms with van der Waals surface area (Å²) >= 11 is 0. The van der Waals surface area contributed by atoms with E-state index in [0.717, 1.165) is 28.2 Å². The van der Waals surface area contributed by atoms with Crippen LogP contribution < -0.4 is 5.32 Å². The molecule has 0 saturated carbocycles. The lowest BCUT2D eigenvalue weighted by molar-refractivity contribution is -0.114. The summed E-state index contributed by atoms with van der Waals surface area (Å²) in [6.45, 7) is 3.52. The first-order valence-corrected chi connectivity index (χ1v) is 8.17. The first-order chi connectivity index (χ1) is 12.6. The minimum absolute atomic E-state index is 0.103. The number of carbonyl (C=O) groups excluding carboxylic acids is 1. The van der Waals surface area contributed by atoms with Crippen LogP contribution in [0.25, 0.3) is 11.3 Å². The number of nitrogens with zero attached hydrogens (tertiary/aromatic N) is 2. The molecule has 3 aromatic rings. The Morgan fingerprint density at radius 1 is 1.12 bits per heavy atom. The number of hydrogen-bond acceptors (Lipinski definition) is 5. The van der Waals surface area contributed by atoms with Gasteiger partial charge in [-0.1, -0.05) is 52.8 Å². The van der Waals surface area contributed by atoms with Gasteiger partial charge in [-0.25, -0.2) is 0 Å². The van der Waals surface area contributed by atoms with Crippen molar-refractivity contribution in [1.29, 1.82) is 0 Å². The van der Waals surface area contributed by atoms with Crippen LogP contribution in [-0.2, 0) is 16.2 Å². The van der Waals surface area contributed by atoms with Crippen molar-refractivity contribution in [2.45, 2.75) is 20.5 Å². The highest BCUT2D eigenvalue weighted by Gasteiger charge is 2.07. The molecule has 6 nitrogen and oxygen atoms in total. The second-order valence-electron chi connectivity index (χ2n) is 5.75. The molecule has 0 aliphatic carbocycles. The summed E-state index contributed by atoms with van der Waals surface area (Å²) in [5.41, 5.74) is 4.12. The van der Waals surface area contributed by atoms with E-state index in [4.69, 9.17) is 9.36 Å². The van der Waals surface area contributed by atoms with E-state index in [-0.39, 0.29) is 12.5 Å². The molecule has 0 atom stereocenters. The molecule has 0 unspecified atom stereocenters. The smallest absolute Gasteiger partial charge is 0.221 e. The SMILES string of the molecule is CC(=O)Nc1ccc(/C(C)=N/OCc2cc(-c3ccccc3)no2)cc1. The van der Waals surface area contributed by atoms with E-state index in [1.165, 1.54) is 6.92 Å². The molecule has 3 rings (SSSR count). The van der Waals surface area contributed by atoms with Gasteiger partial charge in [0, 0.05) is 24.2 Å². The molecule has 0 saturated heterocycles. The van der Waals surface area contributed by atoms with Crippen LogP contribution in [0.5, 0.6) is 0 Å². The van der Waals surface area contributed by atoms with Crippen LogP contribution in [0.1, 0.15) is 25.2 Å². The largest absolute Gasteiger partial charge is 0.387 e. The van der Waals surface area contributed by atoms with Crippen molar-refractivity contribution in [2.24, 2.45) is 5.16 Å². The van der Waals surface area contributed by atoms with E-state index in [1.807, 2.05) is 67.6 Å². The highest BCUT2D eigenvalue weighted by Crippen LogP contribution is 2.19. The molecule has 1 amide bonds. The average Bonchev–Trinajstić information content (AvgIpc) is 3.11. The van der Waals surface area contributed by atoms with Crippen LogP contribution in [0.2, 0.25) is 0 Å². The minimum Gasteiger partial charge on any atom is -0.387 e. The van der Waals surface area contributed by atoms with Crippen LogP contribution in [-0.4, -0.2) is 16.8 Å². The maximum atomic E-state index is 11.0. The van der Waals surface area contributed by atoms with Gasteiger partial charge in [-0.3, -0.25) is 4.79 Å². The second-order valence-corrected chi connectivity index (χ2v) is 5.75. The molecular formula is C20H19N3O3. The Labute approximate surface area is 151 Å². The predicted octanol–water partition coefficient (Wildman–Crippen LogP) is 4.24. The summed E-state index contributed by atoms with van der Waals surface area (Å²) in [4.78, 5) is 16.4. The van der Waals surface area contributed by atoms with E-state index in [9.17, 15) is 4.79 Å². The maximum absolute atomic E-state index is 11.0. The van der Waals surface area contributed by atoms with Crippen molar-refractivity contribution in [1.82, 2.24) is 5.16 Å². The summed E-state index contributed by atoms with van der Waals surface area (Å²) in [5, 5.41) is 10.9. The average molecular weight is 349 g/mol. The highest BCUT2D eigenvalue weighted by atomic mass is 16.6. The van der Waals surface area contributed by atoms with Gasteiger partial charge >= 0.3 is 0 Å². The molecule has 0 bridgehead atoms. The molecule has 0 fully saturated rings. The minimum atomic E-state index is -0.103. The fraction of sp³-hybridized carbons (Fsp3) is 0.150.